The van der Waals surface area contributed by atoms with Crippen LogP contribution in [0.3, 0.4) is 0 Å². The second kappa shape index (κ2) is 9.72. The number of hydrogen-bond donors (Lipinski definition) is 1. The second-order valence-corrected chi connectivity index (χ2v) is 6.21. The molecule has 0 aliphatic carbocycles. The molecule has 4 nitrogen and oxygen atoms in total. The molecule has 0 amide bonds. The van der Waals surface area contributed by atoms with E-state index >= 15 is 0 Å². The lowest BCUT2D eigenvalue weighted by atomic mass is 10.2. The molecule has 0 bridgehead atoms. The SMILES string of the molecule is CCCCN(c1ccc(CNCC(C)C)nn1)C(C)CC. The fourth-order valence-electron chi connectivity index (χ4n) is 2.20. The van der Waals surface area contributed by atoms with Crippen LogP contribution in [0.1, 0.15) is 59.6 Å². The minimum Gasteiger partial charge on any atom is -0.352 e. The molecule has 1 rings (SSSR count). The van der Waals surface area contributed by atoms with Crippen molar-refractivity contribution in [1.29, 1.82) is 0 Å². The van der Waals surface area contributed by atoms with Crippen molar-refractivity contribution in [3.63, 3.8) is 0 Å². The minimum absolute atomic E-state index is 0.510. The Bertz CT molecular complexity index is 375. The van der Waals surface area contributed by atoms with Gasteiger partial charge in [0.1, 0.15) is 0 Å². The van der Waals surface area contributed by atoms with E-state index in [1.807, 2.05) is 0 Å². The van der Waals surface area contributed by atoms with Crippen LogP contribution in [-0.4, -0.2) is 29.3 Å². The van der Waals surface area contributed by atoms with E-state index in [4.69, 9.17) is 0 Å². The molecule has 0 radical (unpaired) electrons. The molecule has 0 saturated heterocycles. The molecule has 1 N–H and O–H groups in total. The van der Waals surface area contributed by atoms with Gasteiger partial charge in [0.25, 0.3) is 0 Å². The maximum Gasteiger partial charge on any atom is 0.151 e. The van der Waals surface area contributed by atoms with Crippen molar-refractivity contribution in [2.24, 2.45) is 5.92 Å². The largest absolute Gasteiger partial charge is 0.352 e. The van der Waals surface area contributed by atoms with E-state index in [9.17, 15) is 0 Å². The molecule has 1 unspecified atom stereocenters. The van der Waals surface area contributed by atoms with E-state index in [0.717, 1.165) is 37.6 Å². The topological polar surface area (TPSA) is 41.0 Å². The Morgan fingerprint density at radius 2 is 1.90 bits per heavy atom. The number of unbranched alkanes of at least 4 members (excludes halogenated alkanes) is 1. The van der Waals surface area contributed by atoms with Crippen molar-refractivity contribution in [3.05, 3.63) is 17.8 Å². The molecule has 1 aromatic rings. The number of rotatable bonds is 10. The number of hydrogen-bond acceptors (Lipinski definition) is 4. The van der Waals surface area contributed by atoms with Gasteiger partial charge in [0.05, 0.1) is 5.69 Å². The Kier molecular flexibility index (Phi) is 8.28. The summed E-state index contributed by atoms with van der Waals surface area (Å²) in [5.74, 6) is 1.66. The molecule has 4 heteroatoms. The van der Waals surface area contributed by atoms with Gasteiger partial charge < -0.3 is 10.2 Å². The first-order valence-corrected chi connectivity index (χ1v) is 8.38. The number of aromatic nitrogens is 2. The van der Waals surface area contributed by atoms with Gasteiger partial charge in [0.15, 0.2) is 5.82 Å². The molecule has 1 aromatic heterocycles. The first-order valence-electron chi connectivity index (χ1n) is 8.38. The summed E-state index contributed by atoms with van der Waals surface area (Å²) in [5, 5.41) is 12.2. The first kappa shape index (κ1) is 17.9. The molecule has 0 spiro atoms. The predicted octanol–water partition coefficient (Wildman–Crippen LogP) is 3.63. The lowest BCUT2D eigenvalue weighted by Gasteiger charge is -2.29. The van der Waals surface area contributed by atoms with Crippen LogP contribution in [0, 0.1) is 5.92 Å². The molecule has 0 aromatic carbocycles. The molecular weight excluding hydrogens is 260 g/mol. The first-order chi connectivity index (χ1) is 10.1. The maximum absolute atomic E-state index is 4.43. The zero-order valence-electron chi connectivity index (χ0n) is 14.4. The molecule has 0 aliphatic heterocycles. The summed E-state index contributed by atoms with van der Waals surface area (Å²) in [4.78, 5) is 2.38. The third-order valence-electron chi connectivity index (χ3n) is 3.73. The maximum atomic E-state index is 4.43. The summed E-state index contributed by atoms with van der Waals surface area (Å²) in [6.45, 7) is 14.0. The molecule has 0 fully saturated rings. The van der Waals surface area contributed by atoms with Crippen LogP contribution in [0.5, 0.6) is 0 Å². The van der Waals surface area contributed by atoms with Crippen molar-refractivity contribution in [2.45, 2.75) is 66.5 Å². The van der Waals surface area contributed by atoms with Crippen molar-refractivity contribution >= 4 is 5.82 Å². The molecule has 1 heterocycles. The van der Waals surface area contributed by atoms with E-state index in [1.54, 1.807) is 0 Å². The van der Waals surface area contributed by atoms with Crippen LogP contribution in [0.4, 0.5) is 5.82 Å². The van der Waals surface area contributed by atoms with Crippen molar-refractivity contribution < 1.29 is 0 Å². The van der Waals surface area contributed by atoms with Crippen LogP contribution in [0.15, 0.2) is 12.1 Å². The predicted molar refractivity (Wildman–Crippen MR) is 90.6 cm³/mol. The molecule has 21 heavy (non-hydrogen) atoms. The normalized spacial score (nSPS) is 12.7. The standard InChI is InChI=1S/C17H32N4/c1-6-8-11-21(15(5)7-2)17-10-9-16(19-20-17)13-18-12-14(3)4/h9-10,14-15,18H,6-8,11-13H2,1-5H3. The summed E-state index contributed by atoms with van der Waals surface area (Å²) < 4.78 is 0. The average molecular weight is 292 g/mol. The van der Waals surface area contributed by atoms with Crippen LogP contribution in [-0.2, 0) is 6.54 Å². The summed E-state index contributed by atoms with van der Waals surface area (Å²) in [6.07, 6.45) is 3.53. The molecule has 0 aliphatic rings. The second-order valence-electron chi connectivity index (χ2n) is 6.21. The molecule has 120 valence electrons. The monoisotopic (exact) mass is 292 g/mol. The summed E-state index contributed by atoms with van der Waals surface area (Å²) in [6, 6.07) is 4.72. The van der Waals surface area contributed by atoms with Crippen molar-refractivity contribution in [3.8, 4) is 0 Å². The van der Waals surface area contributed by atoms with Crippen LogP contribution in [0.25, 0.3) is 0 Å². The summed E-state index contributed by atoms with van der Waals surface area (Å²) >= 11 is 0. The van der Waals surface area contributed by atoms with Gasteiger partial charge in [-0.25, -0.2) is 0 Å². The van der Waals surface area contributed by atoms with E-state index in [2.05, 4.69) is 67.2 Å². The third-order valence-corrected chi connectivity index (χ3v) is 3.73. The Hall–Kier alpha value is -1.16. The average Bonchev–Trinajstić information content (AvgIpc) is 2.48. The highest BCUT2D eigenvalue weighted by Gasteiger charge is 2.14. The van der Waals surface area contributed by atoms with Crippen molar-refractivity contribution in [1.82, 2.24) is 15.5 Å². The lowest BCUT2D eigenvalue weighted by Crippen LogP contribution is -2.34. The van der Waals surface area contributed by atoms with Gasteiger partial charge in [-0.3, -0.25) is 0 Å². The minimum atomic E-state index is 0.510. The number of nitrogens with zero attached hydrogens (tertiary/aromatic N) is 3. The van der Waals surface area contributed by atoms with Crippen LogP contribution < -0.4 is 10.2 Å². The Morgan fingerprint density at radius 3 is 2.43 bits per heavy atom. The van der Waals surface area contributed by atoms with Gasteiger partial charge in [-0.05, 0) is 44.4 Å². The fourth-order valence-corrected chi connectivity index (χ4v) is 2.20. The molecule has 0 saturated carbocycles. The van der Waals surface area contributed by atoms with E-state index in [0.29, 0.717) is 12.0 Å². The van der Waals surface area contributed by atoms with Gasteiger partial charge in [-0.15, -0.1) is 5.10 Å². The zero-order chi connectivity index (χ0) is 15.7. The number of nitrogens with one attached hydrogen (secondary N) is 1. The van der Waals surface area contributed by atoms with Crippen LogP contribution >= 0.6 is 0 Å². The van der Waals surface area contributed by atoms with Gasteiger partial charge in [-0.2, -0.15) is 5.10 Å². The summed E-state index contributed by atoms with van der Waals surface area (Å²) in [7, 11) is 0. The van der Waals surface area contributed by atoms with E-state index in [1.165, 1.54) is 12.8 Å². The lowest BCUT2D eigenvalue weighted by molar-refractivity contribution is 0.544. The highest BCUT2D eigenvalue weighted by atomic mass is 15.3. The van der Waals surface area contributed by atoms with Crippen LogP contribution in [0.2, 0.25) is 0 Å². The van der Waals surface area contributed by atoms with Gasteiger partial charge in [0.2, 0.25) is 0 Å². The molecule has 1 atom stereocenters. The van der Waals surface area contributed by atoms with E-state index in [-0.39, 0.29) is 0 Å². The van der Waals surface area contributed by atoms with Gasteiger partial charge in [0, 0.05) is 19.1 Å². The summed E-state index contributed by atoms with van der Waals surface area (Å²) in [5.41, 5.74) is 1.01. The smallest absolute Gasteiger partial charge is 0.151 e. The quantitative estimate of drug-likeness (QED) is 0.715. The Morgan fingerprint density at radius 1 is 1.14 bits per heavy atom. The van der Waals surface area contributed by atoms with Gasteiger partial charge >= 0.3 is 0 Å². The highest BCUT2D eigenvalue weighted by molar-refractivity contribution is 5.38. The van der Waals surface area contributed by atoms with E-state index < -0.39 is 0 Å². The third kappa shape index (κ3) is 6.42. The molecular formula is C17H32N4. The van der Waals surface area contributed by atoms with Crippen molar-refractivity contribution in [2.75, 3.05) is 18.0 Å². The van der Waals surface area contributed by atoms with Gasteiger partial charge in [-0.1, -0.05) is 34.1 Å². The Labute approximate surface area is 130 Å². The highest BCUT2D eigenvalue weighted by Crippen LogP contribution is 2.16. The zero-order valence-corrected chi connectivity index (χ0v) is 14.4. The fraction of sp³-hybridized carbons (Fsp3) is 0.765. The Balaban J connectivity index is 2.64. The number of anilines is 1.